The molecule has 1 aromatic rings. The van der Waals surface area contributed by atoms with Gasteiger partial charge in [0.15, 0.2) is 0 Å². The Morgan fingerprint density at radius 1 is 1.65 bits per heavy atom. The maximum absolute atomic E-state index is 12.3. The average molecular weight is 379 g/mol. The molecule has 1 rings (SSSR count). The third-order valence-electron chi connectivity index (χ3n) is 2.28. The van der Waals surface area contributed by atoms with E-state index >= 15 is 0 Å². The van der Waals surface area contributed by atoms with Gasteiger partial charge in [0, 0.05) is 18.8 Å². The molecule has 0 saturated carbocycles. The Balaban J connectivity index is 3.02. The van der Waals surface area contributed by atoms with Gasteiger partial charge in [-0.1, -0.05) is 11.6 Å². The lowest BCUT2D eigenvalue weighted by Gasteiger charge is -2.22. The summed E-state index contributed by atoms with van der Waals surface area (Å²) in [5.74, 6) is 0.760. The smallest absolute Gasteiger partial charge is 0.206 e. The van der Waals surface area contributed by atoms with Crippen LogP contribution in [0.5, 0.6) is 0 Å². The number of rotatable bonds is 5. The topological polar surface area (TPSA) is 37.4 Å². The van der Waals surface area contributed by atoms with Crippen molar-refractivity contribution < 1.29 is 8.42 Å². The molecule has 0 aliphatic carbocycles. The maximum Gasteiger partial charge on any atom is 0.252 e. The standard InChI is InChI=1S/C9H13BrClNO2S3/c1-6(5-15-3)12(2)17(13,14)8-4-7(11)9(10)16-8/h4,6H,5H2,1-3H3. The molecule has 0 aliphatic heterocycles. The van der Waals surface area contributed by atoms with Crippen molar-refractivity contribution in [1.82, 2.24) is 4.31 Å². The summed E-state index contributed by atoms with van der Waals surface area (Å²) in [4.78, 5) is 0. The van der Waals surface area contributed by atoms with Crippen molar-refractivity contribution in [3.63, 3.8) is 0 Å². The van der Waals surface area contributed by atoms with Crippen LogP contribution in [-0.2, 0) is 10.0 Å². The quantitative estimate of drug-likeness (QED) is 0.786. The number of nitrogens with zero attached hydrogens (tertiary/aromatic N) is 1. The molecule has 0 saturated heterocycles. The van der Waals surface area contributed by atoms with Gasteiger partial charge in [0.05, 0.1) is 8.81 Å². The average Bonchev–Trinajstić information content (AvgIpc) is 2.59. The molecule has 0 N–H and O–H groups in total. The molecule has 0 spiro atoms. The minimum Gasteiger partial charge on any atom is -0.206 e. The van der Waals surface area contributed by atoms with Crippen LogP contribution in [0.25, 0.3) is 0 Å². The van der Waals surface area contributed by atoms with Crippen molar-refractivity contribution in [3.8, 4) is 0 Å². The van der Waals surface area contributed by atoms with E-state index in [2.05, 4.69) is 15.9 Å². The summed E-state index contributed by atoms with van der Waals surface area (Å²) in [5.41, 5.74) is 0. The molecule has 1 atom stereocenters. The second kappa shape index (κ2) is 6.25. The first-order chi connectivity index (χ1) is 7.80. The maximum atomic E-state index is 12.3. The van der Waals surface area contributed by atoms with Crippen LogP contribution in [0.1, 0.15) is 6.92 Å². The van der Waals surface area contributed by atoms with Crippen molar-refractivity contribution in [2.45, 2.75) is 17.2 Å². The molecule has 0 radical (unpaired) electrons. The van der Waals surface area contributed by atoms with Gasteiger partial charge in [0.25, 0.3) is 10.0 Å². The lowest BCUT2D eigenvalue weighted by molar-refractivity contribution is 0.416. The van der Waals surface area contributed by atoms with Gasteiger partial charge in [-0.2, -0.15) is 16.1 Å². The Morgan fingerprint density at radius 2 is 2.24 bits per heavy atom. The van der Waals surface area contributed by atoms with Crippen molar-refractivity contribution in [3.05, 3.63) is 14.9 Å². The van der Waals surface area contributed by atoms with Gasteiger partial charge in [0.2, 0.25) is 0 Å². The third kappa shape index (κ3) is 3.61. The SMILES string of the molecule is CSCC(C)N(C)S(=O)(=O)c1cc(Cl)c(Br)s1. The fourth-order valence-electron chi connectivity index (χ4n) is 1.18. The van der Waals surface area contributed by atoms with E-state index in [1.54, 1.807) is 18.8 Å². The van der Waals surface area contributed by atoms with E-state index in [9.17, 15) is 8.42 Å². The minimum absolute atomic E-state index is 0.0466. The molecule has 8 heteroatoms. The molecule has 17 heavy (non-hydrogen) atoms. The Labute approximate surface area is 124 Å². The number of halogens is 2. The molecule has 1 heterocycles. The summed E-state index contributed by atoms with van der Waals surface area (Å²) in [5, 5.41) is 0.430. The molecule has 0 aromatic carbocycles. The van der Waals surface area contributed by atoms with Gasteiger partial charge in [-0.05, 0) is 35.2 Å². The molecule has 1 unspecified atom stereocenters. The monoisotopic (exact) mass is 377 g/mol. The van der Waals surface area contributed by atoms with Crippen molar-refractivity contribution in [1.29, 1.82) is 0 Å². The molecule has 0 aliphatic rings. The molecule has 0 amide bonds. The minimum atomic E-state index is -3.44. The van der Waals surface area contributed by atoms with Crippen LogP contribution >= 0.6 is 50.6 Å². The van der Waals surface area contributed by atoms with Gasteiger partial charge >= 0.3 is 0 Å². The fraction of sp³-hybridized carbons (Fsp3) is 0.556. The zero-order chi connectivity index (χ0) is 13.2. The Bertz CT molecular complexity index is 469. The molecular weight excluding hydrogens is 366 g/mol. The van der Waals surface area contributed by atoms with Crippen LogP contribution in [-0.4, -0.2) is 37.8 Å². The van der Waals surface area contributed by atoms with Gasteiger partial charge in [-0.25, -0.2) is 8.42 Å². The molecule has 3 nitrogen and oxygen atoms in total. The summed E-state index contributed by atoms with van der Waals surface area (Å²) in [6, 6.07) is 1.43. The fourth-order valence-corrected chi connectivity index (χ4v) is 5.93. The van der Waals surface area contributed by atoms with Crippen LogP contribution in [0.15, 0.2) is 14.1 Å². The number of thioether (sulfide) groups is 1. The summed E-state index contributed by atoms with van der Waals surface area (Å²) in [7, 11) is -1.84. The van der Waals surface area contributed by atoms with E-state index in [0.29, 0.717) is 8.81 Å². The normalized spacial score (nSPS) is 14.2. The number of sulfonamides is 1. The van der Waals surface area contributed by atoms with E-state index in [0.717, 1.165) is 17.1 Å². The predicted molar refractivity (Wildman–Crippen MR) is 79.8 cm³/mol. The van der Waals surface area contributed by atoms with Gasteiger partial charge < -0.3 is 0 Å². The van der Waals surface area contributed by atoms with E-state index < -0.39 is 10.0 Å². The van der Waals surface area contributed by atoms with E-state index in [1.807, 2.05) is 13.2 Å². The van der Waals surface area contributed by atoms with Crippen LogP contribution in [0, 0.1) is 0 Å². The molecule has 0 bridgehead atoms. The third-order valence-corrected chi connectivity index (χ3v) is 8.00. The Hall–Kier alpha value is 0.730. The van der Waals surface area contributed by atoms with Crippen molar-refractivity contribution in [2.75, 3.05) is 19.1 Å². The number of thiophene rings is 1. The highest BCUT2D eigenvalue weighted by Gasteiger charge is 2.27. The second-order valence-electron chi connectivity index (χ2n) is 3.51. The van der Waals surface area contributed by atoms with Crippen molar-refractivity contribution >= 4 is 60.7 Å². The highest BCUT2D eigenvalue weighted by molar-refractivity contribution is 9.11. The van der Waals surface area contributed by atoms with Crippen LogP contribution < -0.4 is 0 Å². The zero-order valence-corrected chi connectivity index (χ0v) is 14.4. The lowest BCUT2D eigenvalue weighted by atomic mass is 10.4. The molecular formula is C9H13BrClNO2S3. The number of hydrogen-bond donors (Lipinski definition) is 0. The summed E-state index contributed by atoms with van der Waals surface area (Å²) < 4.78 is 26.8. The Morgan fingerprint density at radius 3 is 2.65 bits per heavy atom. The summed E-state index contributed by atoms with van der Waals surface area (Å²) in [6.45, 7) is 1.89. The molecule has 98 valence electrons. The zero-order valence-electron chi connectivity index (χ0n) is 9.61. The van der Waals surface area contributed by atoms with Crippen molar-refractivity contribution in [2.24, 2.45) is 0 Å². The first-order valence-corrected chi connectivity index (χ1v) is 9.54. The van der Waals surface area contributed by atoms with Crippen LogP contribution in [0.3, 0.4) is 0 Å². The number of hydrogen-bond acceptors (Lipinski definition) is 4. The first-order valence-electron chi connectivity index (χ1n) is 4.72. The van der Waals surface area contributed by atoms with Crippen LogP contribution in [0.4, 0.5) is 0 Å². The summed E-state index contributed by atoms with van der Waals surface area (Å²) >= 11 is 11.8. The second-order valence-corrected chi connectivity index (χ2v) is 9.43. The Kier molecular flexibility index (Phi) is 5.81. The molecule has 1 aromatic heterocycles. The van der Waals surface area contributed by atoms with Gasteiger partial charge in [-0.15, -0.1) is 11.3 Å². The summed E-state index contributed by atoms with van der Waals surface area (Å²) in [6.07, 6.45) is 1.95. The van der Waals surface area contributed by atoms with E-state index in [-0.39, 0.29) is 10.3 Å². The lowest BCUT2D eigenvalue weighted by Crippen LogP contribution is -2.36. The molecule has 0 fully saturated rings. The van der Waals surface area contributed by atoms with E-state index in [4.69, 9.17) is 11.6 Å². The predicted octanol–water partition coefficient (Wildman–Crippen LogP) is 3.54. The highest BCUT2D eigenvalue weighted by atomic mass is 79.9. The highest BCUT2D eigenvalue weighted by Crippen LogP contribution is 2.36. The van der Waals surface area contributed by atoms with Gasteiger partial charge in [0.1, 0.15) is 4.21 Å². The largest absolute Gasteiger partial charge is 0.252 e. The van der Waals surface area contributed by atoms with Gasteiger partial charge in [-0.3, -0.25) is 0 Å². The first kappa shape index (κ1) is 15.8. The van der Waals surface area contributed by atoms with Crippen LogP contribution in [0.2, 0.25) is 5.02 Å². The van der Waals surface area contributed by atoms with E-state index in [1.165, 1.54) is 10.4 Å².